The maximum Gasteiger partial charge on any atom is 0.239 e. The molecule has 5 heteroatoms. The van der Waals surface area contributed by atoms with Gasteiger partial charge < -0.3 is 16.2 Å². The molecule has 0 radical (unpaired) electrons. The van der Waals surface area contributed by atoms with Crippen LogP contribution in [0, 0.1) is 0 Å². The summed E-state index contributed by atoms with van der Waals surface area (Å²) in [6.45, 7) is 0. The van der Waals surface area contributed by atoms with Crippen molar-refractivity contribution in [3.8, 4) is 0 Å². The number of hydrogen-bond acceptors (Lipinski definition) is 4. The van der Waals surface area contributed by atoms with Gasteiger partial charge in [0, 0.05) is 25.0 Å². The van der Waals surface area contributed by atoms with Gasteiger partial charge in [-0.25, -0.2) is 0 Å². The number of pyridine rings is 1. The van der Waals surface area contributed by atoms with Crippen LogP contribution in [0.3, 0.4) is 0 Å². The Morgan fingerprint density at radius 1 is 1.71 bits per heavy atom. The van der Waals surface area contributed by atoms with Crippen molar-refractivity contribution in [3.63, 3.8) is 0 Å². The second-order valence-corrected chi connectivity index (χ2v) is 2.87. The number of nitrogens with zero attached hydrogens (tertiary/aromatic N) is 1. The Bertz CT molecular complexity index is 302. The summed E-state index contributed by atoms with van der Waals surface area (Å²) in [5, 5.41) is 12.0. The minimum Gasteiger partial charge on any atom is -0.386 e. The fraction of sp³-hybridized carbons (Fsp3) is 0.333. The highest BCUT2D eigenvalue weighted by molar-refractivity contribution is 5.82. The molecule has 0 saturated heterocycles. The second-order valence-electron chi connectivity index (χ2n) is 2.87. The highest BCUT2D eigenvalue weighted by Crippen LogP contribution is 2.13. The predicted octanol–water partition coefficient (Wildman–Crippen LogP) is -0.812. The van der Waals surface area contributed by atoms with Crippen molar-refractivity contribution in [2.75, 3.05) is 7.05 Å². The van der Waals surface area contributed by atoms with Gasteiger partial charge in [0.25, 0.3) is 0 Å². The number of carbonyl (C=O) groups excluding carboxylic acids is 1. The van der Waals surface area contributed by atoms with Gasteiger partial charge in [-0.15, -0.1) is 0 Å². The summed E-state index contributed by atoms with van der Waals surface area (Å²) in [4.78, 5) is 14.9. The van der Waals surface area contributed by atoms with E-state index in [-0.39, 0.29) is 0 Å². The Hall–Kier alpha value is -1.46. The van der Waals surface area contributed by atoms with E-state index in [0.717, 1.165) is 0 Å². The molecule has 2 unspecified atom stereocenters. The minimum absolute atomic E-state index is 0.402. The monoisotopic (exact) mass is 195 g/mol. The molecule has 0 aliphatic heterocycles. The van der Waals surface area contributed by atoms with E-state index in [0.29, 0.717) is 5.56 Å². The molecule has 0 saturated carbocycles. The number of aromatic nitrogens is 1. The third-order valence-corrected chi connectivity index (χ3v) is 1.92. The van der Waals surface area contributed by atoms with Gasteiger partial charge in [0.1, 0.15) is 12.1 Å². The third kappa shape index (κ3) is 2.27. The summed E-state index contributed by atoms with van der Waals surface area (Å²) in [5.41, 5.74) is 6.04. The standard InChI is InChI=1S/C9H13N3O2/c1-11-9(14)7(10)8(13)6-3-2-4-12-5-6/h2-5,7-8,13H,10H2,1H3,(H,11,14). The second kappa shape index (κ2) is 4.69. The predicted molar refractivity (Wildman–Crippen MR) is 51.2 cm³/mol. The Morgan fingerprint density at radius 3 is 2.93 bits per heavy atom. The van der Waals surface area contributed by atoms with Crippen LogP contribution in [0.2, 0.25) is 0 Å². The maximum atomic E-state index is 11.1. The van der Waals surface area contributed by atoms with Crippen molar-refractivity contribution in [1.29, 1.82) is 0 Å². The molecular formula is C9H13N3O2. The van der Waals surface area contributed by atoms with Crippen LogP contribution in [0.4, 0.5) is 0 Å². The number of aliphatic hydroxyl groups excluding tert-OH is 1. The van der Waals surface area contributed by atoms with Gasteiger partial charge in [-0.3, -0.25) is 9.78 Å². The van der Waals surface area contributed by atoms with Gasteiger partial charge in [-0.05, 0) is 6.07 Å². The fourth-order valence-electron chi connectivity index (χ4n) is 1.07. The Kier molecular flexibility index (Phi) is 3.55. The van der Waals surface area contributed by atoms with Crippen LogP contribution in [0.1, 0.15) is 11.7 Å². The number of nitrogens with one attached hydrogen (secondary N) is 1. The molecule has 76 valence electrons. The highest BCUT2D eigenvalue weighted by Gasteiger charge is 2.22. The summed E-state index contributed by atoms with van der Waals surface area (Å²) < 4.78 is 0. The van der Waals surface area contributed by atoms with Crippen molar-refractivity contribution >= 4 is 5.91 Å². The van der Waals surface area contributed by atoms with E-state index in [1.165, 1.54) is 13.2 Å². The molecule has 0 spiro atoms. The van der Waals surface area contributed by atoms with Crippen molar-refractivity contribution in [2.24, 2.45) is 5.73 Å². The largest absolute Gasteiger partial charge is 0.386 e. The molecule has 14 heavy (non-hydrogen) atoms. The first kappa shape index (κ1) is 10.6. The number of amides is 1. The Morgan fingerprint density at radius 2 is 2.43 bits per heavy atom. The van der Waals surface area contributed by atoms with E-state index < -0.39 is 18.1 Å². The molecule has 1 heterocycles. The summed E-state index contributed by atoms with van der Waals surface area (Å²) in [5.74, 6) is -0.402. The van der Waals surface area contributed by atoms with E-state index in [9.17, 15) is 9.90 Å². The number of aliphatic hydroxyl groups is 1. The Labute approximate surface area is 82.0 Å². The molecule has 2 atom stereocenters. The lowest BCUT2D eigenvalue weighted by Crippen LogP contribution is -2.43. The molecule has 0 aliphatic carbocycles. The molecule has 1 rings (SSSR count). The molecule has 1 aromatic heterocycles. The van der Waals surface area contributed by atoms with Crippen molar-refractivity contribution in [3.05, 3.63) is 30.1 Å². The molecular weight excluding hydrogens is 182 g/mol. The molecule has 1 aromatic rings. The lowest BCUT2D eigenvalue weighted by molar-refractivity contribution is -0.124. The van der Waals surface area contributed by atoms with Gasteiger partial charge in [0.05, 0.1) is 0 Å². The van der Waals surface area contributed by atoms with Crippen LogP contribution in [0.15, 0.2) is 24.5 Å². The van der Waals surface area contributed by atoms with Gasteiger partial charge in [0.15, 0.2) is 0 Å². The first-order valence-electron chi connectivity index (χ1n) is 4.22. The van der Waals surface area contributed by atoms with E-state index in [1.54, 1.807) is 18.3 Å². The van der Waals surface area contributed by atoms with Gasteiger partial charge in [0.2, 0.25) is 5.91 Å². The lowest BCUT2D eigenvalue weighted by atomic mass is 10.0. The van der Waals surface area contributed by atoms with Crippen molar-refractivity contribution in [2.45, 2.75) is 12.1 Å². The summed E-state index contributed by atoms with van der Waals surface area (Å²) >= 11 is 0. The number of carbonyl (C=O) groups is 1. The Balaban J connectivity index is 2.75. The number of likely N-dealkylation sites (N-methyl/N-ethyl adjacent to an activating group) is 1. The van der Waals surface area contributed by atoms with Gasteiger partial charge in [-0.1, -0.05) is 6.07 Å². The lowest BCUT2D eigenvalue weighted by Gasteiger charge is -2.16. The number of nitrogens with two attached hydrogens (primary N) is 1. The first-order valence-corrected chi connectivity index (χ1v) is 4.22. The van der Waals surface area contributed by atoms with Crippen LogP contribution in [-0.2, 0) is 4.79 Å². The van der Waals surface area contributed by atoms with E-state index in [2.05, 4.69) is 10.3 Å². The zero-order chi connectivity index (χ0) is 10.6. The van der Waals surface area contributed by atoms with Crippen LogP contribution in [0.25, 0.3) is 0 Å². The topological polar surface area (TPSA) is 88.2 Å². The van der Waals surface area contributed by atoms with Crippen molar-refractivity contribution < 1.29 is 9.90 Å². The maximum absolute atomic E-state index is 11.1. The average molecular weight is 195 g/mol. The summed E-state index contributed by atoms with van der Waals surface area (Å²) in [6.07, 6.45) is 2.04. The number of hydrogen-bond donors (Lipinski definition) is 3. The van der Waals surface area contributed by atoms with E-state index >= 15 is 0 Å². The molecule has 0 fully saturated rings. The fourth-order valence-corrected chi connectivity index (χ4v) is 1.07. The van der Waals surface area contributed by atoms with Crippen molar-refractivity contribution in [1.82, 2.24) is 10.3 Å². The zero-order valence-electron chi connectivity index (χ0n) is 7.84. The average Bonchev–Trinajstić information content (AvgIpc) is 2.27. The van der Waals surface area contributed by atoms with E-state index in [4.69, 9.17) is 5.73 Å². The van der Waals surface area contributed by atoms with Crippen LogP contribution in [0.5, 0.6) is 0 Å². The van der Waals surface area contributed by atoms with Crippen LogP contribution >= 0.6 is 0 Å². The highest BCUT2D eigenvalue weighted by atomic mass is 16.3. The molecule has 1 amide bonds. The third-order valence-electron chi connectivity index (χ3n) is 1.92. The molecule has 0 aromatic carbocycles. The smallest absolute Gasteiger partial charge is 0.239 e. The normalized spacial score (nSPS) is 14.5. The molecule has 0 bridgehead atoms. The quantitative estimate of drug-likeness (QED) is 0.588. The summed E-state index contributed by atoms with van der Waals surface area (Å²) in [7, 11) is 1.47. The first-order chi connectivity index (χ1) is 6.66. The number of rotatable bonds is 3. The SMILES string of the molecule is CNC(=O)C(N)C(O)c1cccnc1. The zero-order valence-corrected chi connectivity index (χ0v) is 7.84. The van der Waals surface area contributed by atoms with Crippen LogP contribution < -0.4 is 11.1 Å². The van der Waals surface area contributed by atoms with Crippen LogP contribution in [-0.4, -0.2) is 29.1 Å². The minimum atomic E-state index is -1.02. The van der Waals surface area contributed by atoms with E-state index in [1.807, 2.05) is 0 Å². The summed E-state index contributed by atoms with van der Waals surface area (Å²) in [6, 6.07) is 2.37. The van der Waals surface area contributed by atoms with Gasteiger partial charge >= 0.3 is 0 Å². The van der Waals surface area contributed by atoms with Gasteiger partial charge in [-0.2, -0.15) is 0 Å². The molecule has 5 nitrogen and oxygen atoms in total. The molecule has 0 aliphatic rings. The molecule has 4 N–H and O–H groups in total.